The normalized spacial score (nSPS) is 19.1. The van der Waals surface area contributed by atoms with E-state index >= 15 is 0 Å². The summed E-state index contributed by atoms with van der Waals surface area (Å²) in [6, 6.07) is 37.3. The van der Waals surface area contributed by atoms with E-state index in [-0.39, 0.29) is 0 Å². The molecule has 2 heterocycles. The van der Waals surface area contributed by atoms with Crippen LogP contribution in [0, 0.1) is 11.8 Å². The SMILES string of the molecule is CC(C)n1c[n+](CC2C3c4ccccc4C(c4ccccc43)C2C[n+]2cn(C(C)C)c3ccccc32)c2ccccc21.O=S(=O)([O-])C(F)(F)F.O=S(=O)([O-])C(F)(F)F. The molecule has 6 aromatic rings. The third-order valence-electron chi connectivity index (χ3n) is 10.7. The van der Waals surface area contributed by atoms with E-state index in [0.29, 0.717) is 35.8 Å². The molecule has 2 bridgehead atoms. The van der Waals surface area contributed by atoms with Crippen molar-refractivity contribution in [1.82, 2.24) is 9.13 Å². The highest BCUT2D eigenvalue weighted by atomic mass is 32.2. The summed E-state index contributed by atoms with van der Waals surface area (Å²) in [4.78, 5) is 0. The molecule has 0 radical (unpaired) electrons. The van der Waals surface area contributed by atoms with Crippen molar-refractivity contribution in [2.45, 2.75) is 75.7 Å². The molecular weight excluding hydrogens is 811 g/mol. The first-order chi connectivity index (χ1) is 27.0. The predicted octanol–water partition coefficient (Wildman–Crippen LogP) is 7.66. The molecule has 0 aliphatic heterocycles. The van der Waals surface area contributed by atoms with E-state index in [0.717, 1.165) is 13.1 Å². The molecule has 2 unspecified atom stereocenters. The van der Waals surface area contributed by atoms with Crippen molar-refractivity contribution in [1.29, 1.82) is 0 Å². The van der Waals surface area contributed by atoms with Gasteiger partial charge in [-0.05, 0) is 74.2 Å². The quantitative estimate of drug-likeness (QED) is 0.0732. The Bertz CT molecular complexity index is 2440. The average Bonchev–Trinajstić information content (AvgIpc) is 3.70. The van der Waals surface area contributed by atoms with Crippen LogP contribution < -0.4 is 9.13 Å². The number of hydrogen-bond acceptors (Lipinski definition) is 6. The molecule has 2 aromatic heterocycles. The van der Waals surface area contributed by atoms with Gasteiger partial charge < -0.3 is 9.11 Å². The fourth-order valence-corrected chi connectivity index (χ4v) is 8.36. The smallest absolute Gasteiger partial charge is 0.485 e. The van der Waals surface area contributed by atoms with E-state index < -0.39 is 31.3 Å². The molecule has 18 heteroatoms. The van der Waals surface area contributed by atoms with E-state index in [1.807, 2.05) is 0 Å². The van der Waals surface area contributed by atoms with Gasteiger partial charge in [-0.25, -0.2) is 35.1 Å². The molecule has 9 rings (SSSR count). The lowest BCUT2D eigenvalue weighted by Gasteiger charge is -2.49. The lowest BCUT2D eigenvalue weighted by atomic mass is 9.54. The Morgan fingerprint density at radius 3 is 1.05 bits per heavy atom. The number of halogens is 6. The molecule has 0 spiro atoms. The number of hydrogen-bond donors (Lipinski definition) is 0. The number of benzene rings is 4. The van der Waals surface area contributed by atoms with Crippen molar-refractivity contribution < 1.29 is 61.4 Å². The van der Waals surface area contributed by atoms with Crippen LogP contribution in [0.5, 0.6) is 0 Å². The lowest BCUT2D eigenvalue weighted by Crippen LogP contribution is -2.52. The number of fused-ring (bicyclic) bond motifs is 3. The van der Waals surface area contributed by atoms with Gasteiger partial charge in [-0.1, -0.05) is 72.8 Å². The van der Waals surface area contributed by atoms with E-state index in [4.69, 9.17) is 25.9 Å². The average molecular weight is 851 g/mol. The Kier molecular flexibility index (Phi) is 11.6. The standard InChI is InChI=1S/C38H40N4.2CHF3O3S/c1-25(2)41-23-39(33-17-9-11-19-35(33)41)21-31-32(22-40-24-42(26(3)4)36-20-12-10-18-34(36)40)38-29-15-7-5-13-27(29)37(31)28-14-6-8-16-30(28)38;2*2-1(3,4)8(5,6)7/h5-20,23-26,31-32,37-38H,21-22H2,1-4H3;2*(H,5,6,7)/q+2;;/p-2. The largest absolute Gasteiger partial charge is 0.741 e. The minimum absolute atomic E-state index is 0.375. The van der Waals surface area contributed by atoms with Gasteiger partial charge in [-0.3, -0.25) is 0 Å². The van der Waals surface area contributed by atoms with Crippen molar-refractivity contribution in [2.75, 3.05) is 0 Å². The van der Waals surface area contributed by atoms with Gasteiger partial charge in [0.25, 0.3) is 0 Å². The summed E-state index contributed by atoms with van der Waals surface area (Å²) >= 11 is 0. The molecule has 4 aromatic carbocycles. The van der Waals surface area contributed by atoms with Gasteiger partial charge >= 0.3 is 11.0 Å². The predicted molar refractivity (Wildman–Crippen MR) is 200 cm³/mol. The Hall–Kier alpha value is -4.78. The molecule has 0 saturated carbocycles. The van der Waals surface area contributed by atoms with Gasteiger partial charge in [0.1, 0.15) is 0 Å². The molecule has 58 heavy (non-hydrogen) atoms. The van der Waals surface area contributed by atoms with E-state index in [1.165, 1.54) is 44.3 Å². The van der Waals surface area contributed by atoms with Crippen LogP contribution in [0.1, 0.15) is 73.9 Å². The van der Waals surface area contributed by atoms with Gasteiger partial charge in [0.2, 0.25) is 12.7 Å². The monoisotopic (exact) mass is 850 g/mol. The summed E-state index contributed by atoms with van der Waals surface area (Å²) in [6.45, 7) is 11.1. The van der Waals surface area contributed by atoms with Gasteiger partial charge in [0.15, 0.2) is 42.3 Å². The molecule has 0 saturated heterocycles. The maximum atomic E-state index is 10.7. The third-order valence-corrected chi connectivity index (χ3v) is 11.8. The summed E-state index contributed by atoms with van der Waals surface area (Å²) in [7, 11) is -12.2. The van der Waals surface area contributed by atoms with Gasteiger partial charge in [0.05, 0.1) is 25.2 Å². The molecule has 0 amide bonds. The molecule has 3 aliphatic rings. The number of aromatic nitrogens is 4. The zero-order valence-corrected chi connectivity index (χ0v) is 33.2. The summed E-state index contributed by atoms with van der Waals surface area (Å²) in [5.41, 5.74) is 0.139. The number of rotatable bonds is 6. The van der Waals surface area contributed by atoms with Crippen LogP contribution in [0.2, 0.25) is 0 Å². The maximum Gasteiger partial charge on any atom is 0.485 e. The molecule has 0 fully saturated rings. The topological polar surface area (TPSA) is 132 Å². The van der Waals surface area contributed by atoms with E-state index in [1.54, 1.807) is 0 Å². The molecule has 310 valence electrons. The second-order valence-electron chi connectivity index (χ2n) is 14.9. The van der Waals surface area contributed by atoms with Crippen molar-refractivity contribution in [3.63, 3.8) is 0 Å². The van der Waals surface area contributed by atoms with Crippen LogP contribution in [0.15, 0.2) is 110 Å². The second-order valence-corrected chi connectivity index (χ2v) is 17.6. The number of imidazole rings is 2. The summed E-state index contributed by atoms with van der Waals surface area (Å²) in [5.74, 6) is 1.68. The first-order valence-corrected chi connectivity index (χ1v) is 21.0. The highest BCUT2D eigenvalue weighted by molar-refractivity contribution is 7.86. The minimum Gasteiger partial charge on any atom is -0.741 e. The van der Waals surface area contributed by atoms with E-state index in [2.05, 4.69) is 156 Å². The first-order valence-electron chi connectivity index (χ1n) is 18.2. The number of para-hydroxylation sites is 4. The Morgan fingerprint density at radius 1 is 0.534 bits per heavy atom. The third kappa shape index (κ3) is 8.24. The zero-order chi connectivity index (χ0) is 42.5. The maximum absolute atomic E-state index is 10.7. The highest BCUT2D eigenvalue weighted by Gasteiger charge is 2.51. The first kappa shape index (κ1) is 42.8. The van der Waals surface area contributed by atoms with E-state index in [9.17, 15) is 26.3 Å². The molecule has 0 N–H and O–H groups in total. The van der Waals surface area contributed by atoms with Crippen LogP contribution in [0.4, 0.5) is 26.3 Å². The van der Waals surface area contributed by atoms with Crippen LogP contribution >= 0.6 is 0 Å². The Labute approximate surface area is 331 Å². The van der Waals surface area contributed by atoms with Crippen molar-refractivity contribution in [3.05, 3.63) is 132 Å². The van der Waals surface area contributed by atoms with Crippen LogP contribution in [0.25, 0.3) is 22.1 Å². The summed E-state index contributed by atoms with van der Waals surface area (Å²) in [6.07, 6.45) is 4.76. The van der Waals surface area contributed by atoms with Crippen LogP contribution in [0.3, 0.4) is 0 Å². The zero-order valence-electron chi connectivity index (χ0n) is 31.6. The second kappa shape index (κ2) is 15.8. The lowest BCUT2D eigenvalue weighted by molar-refractivity contribution is -0.697. The Morgan fingerprint density at radius 2 is 0.793 bits per heavy atom. The van der Waals surface area contributed by atoms with Crippen LogP contribution in [-0.4, -0.2) is 46.1 Å². The number of alkyl halides is 6. The summed E-state index contributed by atoms with van der Waals surface area (Å²) < 4.78 is 128. The molecule has 10 nitrogen and oxygen atoms in total. The summed E-state index contributed by atoms with van der Waals surface area (Å²) in [5, 5.41) is 0. The molecular formula is C40H40F6N4O6S2. The van der Waals surface area contributed by atoms with Gasteiger partial charge in [0, 0.05) is 23.7 Å². The van der Waals surface area contributed by atoms with Gasteiger partial charge in [-0.2, -0.15) is 26.3 Å². The Balaban J connectivity index is 0.000000301. The fourth-order valence-electron chi connectivity index (χ4n) is 8.36. The molecule has 2 atom stereocenters. The van der Waals surface area contributed by atoms with Crippen molar-refractivity contribution >= 4 is 42.3 Å². The minimum atomic E-state index is -6.09. The van der Waals surface area contributed by atoms with Crippen molar-refractivity contribution in [3.8, 4) is 0 Å². The number of nitrogens with zero attached hydrogens (tertiary/aromatic N) is 4. The van der Waals surface area contributed by atoms with Crippen molar-refractivity contribution in [2.24, 2.45) is 11.8 Å². The van der Waals surface area contributed by atoms with Gasteiger partial charge in [-0.15, -0.1) is 0 Å². The van der Waals surface area contributed by atoms with Crippen LogP contribution in [-0.2, 0) is 33.3 Å². The molecule has 3 aliphatic carbocycles. The highest BCUT2D eigenvalue weighted by Crippen LogP contribution is 2.58. The fraction of sp³-hybridized carbons (Fsp3) is 0.350.